The summed E-state index contributed by atoms with van der Waals surface area (Å²) in [5, 5.41) is 0.577. The number of aryl methyl sites for hydroxylation is 1. The van der Waals surface area contributed by atoms with Crippen LogP contribution < -0.4 is 15.4 Å². The SMILES string of the molecule is CCc1nc(-c2ccc(N(C)C)cc2Cl)n(CC)c(=O)c1N1C[C@H](OC)CC1COC. The molecule has 1 fully saturated rings. The van der Waals surface area contributed by atoms with Crippen molar-refractivity contribution in [1.29, 1.82) is 0 Å². The second-order valence-electron chi connectivity index (χ2n) is 8.05. The molecule has 1 aliphatic heterocycles. The molecule has 3 rings (SSSR count). The highest BCUT2D eigenvalue weighted by atomic mass is 35.5. The molecule has 1 aromatic heterocycles. The molecule has 0 spiro atoms. The summed E-state index contributed by atoms with van der Waals surface area (Å²) in [6.07, 6.45) is 1.52. The molecule has 2 atom stereocenters. The fourth-order valence-electron chi connectivity index (χ4n) is 4.25. The second kappa shape index (κ2) is 10.0. The van der Waals surface area contributed by atoms with Crippen LogP contribution >= 0.6 is 11.6 Å². The molecule has 0 N–H and O–H groups in total. The zero-order chi connectivity index (χ0) is 22.7. The van der Waals surface area contributed by atoms with Crippen LogP contribution in [0.1, 0.15) is 26.0 Å². The fourth-order valence-corrected chi connectivity index (χ4v) is 4.51. The summed E-state index contributed by atoms with van der Waals surface area (Å²) >= 11 is 6.63. The Balaban J connectivity index is 2.16. The van der Waals surface area contributed by atoms with E-state index in [0.717, 1.165) is 23.4 Å². The Morgan fingerprint density at radius 2 is 2.00 bits per heavy atom. The Morgan fingerprint density at radius 1 is 1.26 bits per heavy atom. The molecule has 1 saturated heterocycles. The fraction of sp³-hybridized carbons (Fsp3) is 0.565. The van der Waals surface area contributed by atoms with Crippen LogP contribution in [0.25, 0.3) is 11.4 Å². The minimum atomic E-state index is -0.0463. The second-order valence-corrected chi connectivity index (χ2v) is 8.45. The zero-order valence-electron chi connectivity index (χ0n) is 19.3. The van der Waals surface area contributed by atoms with Gasteiger partial charge in [-0.05, 0) is 38.0 Å². The molecule has 0 radical (unpaired) electrons. The van der Waals surface area contributed by atoms with Gasteiger partial charge in [0.05, 0.1) is 29.5 Å². The maximum absolute atomic E-state index is 13.7. The van der Waals surface area contributed by atoms with Gasteiger partial charge < -0.3 is 19.3 Å². The molecule has 31 heavy (non-hydrogen) atoms. The van der Waals surface area contributed by atoms with Gasteiger partial charge in [-0.3, -0.25) is 9.36 Å². The first-order valence-corrected chi connectivity index (χ1v) is 11.1. The molecule has 1 aliphatic rings. The maximum atomic E-state index is 13.7. The third-order valence-corrected chi connectivity index (χ3v) is 6.25. The van der Waals surface area contributed by atoms with E-state index < -0.39 is 0 Å². The number of methoxy groups -OCH3 is 2. The van der Waals surface area contributed by atoms with E-state index in [1.165, 1.54) is 0 Å². The molecule has 1 unspecified atom stereocenters. The van der Waals surface area contributed by atoms with Gasteiger partial charge in [0, 0.05) is 52.7 Å². The van der Waals surface area contributed by atoms with Gasteiger partial charge in [0.1, 0.15) is 11.5 Å². The number of hydrogen-bond acceptors (Lipinski definition) is 6. The standard InChI is InChI=1S/C23H33ClN4O3/c1-7-20-21(28-13-17(31-6)11-16(28)14-30-5)23(29)27(8-2)22(25-20)18-10-9-15(26(3)4)12-19(18)24/h9-10,12,16-17H,7-8,11,13-14H2,1-6H3/t16?,17-/m1/s1. The summed E-state index contributed by atoms with van der Waals surface area (Å²) in [5.41, 5.74) is 3.13. The van der Waals surface area contributed by atoms with E-state index in [1.807, 2.05) is 51.0 Å². The van der Waals surface area contributed by atoms with Crippen LogP contribution in [-0.2, 0) is 22.4 Å². The van der Waals surface area contributed by atoms with Crippen LogP contribution in [0.4, 0.5) is 11.4 Å². The predicted molar refractivity (Wildman–Crippen MR) is 127 cm³/mol. The highest BCUT2D eigenvalue weighted by molar-refractivity contribution is 6.33. The number of aromatic nitrogens is 2. The van der Waals surface area contributed by atoms with Crippen LogP contribution in [0.2, 0.25) is 5.02 Å². The van der Waals surface area contributed by atoms with Gasteiger partial charge in [0.25, 0.3) is 5.56 Å². The molecule has 1 aromatic carbocycles. The molecule has 7 nitrogen and oxygen atoms in total. The molecule has 8 heteroatoms. The van der Waals surface area contributed by atoms with Crippen LogP contribution in [0.3, 0.4) is 0 Å². The summed E-state index contributed by atoms with van der Waals surface area (Å²) in [5.74, 6) is 0.606. The lowest BCUT2D eigenvalue weighted by Gasteiger charge is -2.28. The third-order valence-electron chi connectivity index (χ3n) is 5.93. The number of nitrogens with zero attached hydrogens (tertiary/aromatic N) is 4. The van der Waals surface area contributed by atoms with E-state index in [0.29, 0.717) is 42.7 Å². The Kier molecular flexibility index (Phi) is 7.62. The van der Waals surface area contributed by atoms with Crippen molar-refractivity contribution >= 4 is 23.0 Å². The van der Waals surface area contributed by atoms with Crippen molar-refractivity contribution in [2.75, 3.05) is 51.3 Å². The summed E-state index contributed by atoms with van der Waals surface area (Å²) in [6, 6.07) is 5.91. The molecule has 170 valence electrons. The van der Waals surface area contributed by atoms with Crippen molar-refractivity contribution in [3.05, 3.63) is 39.3 Å². The summed E-state index contributed by atoms with van der Waals surface area (Å²) in [6.45, 7) is 5.67. The summed E-state index contributed by atoms with van der Waals surface area (Å²) < 4.78 is 12.7. The minimum Gasteiger partial charge on any atom is -0.383 e. The number of hydrogen-bond donors (Lipinski definition) is 0. The number of anilines is 2. The van der Waals surface area contributed by atoms with E-state index in [4.69, 9.17) is 26.1 Å². The average molecular weight is 449 g/mol. The largest absolute Gasteiger partial charge is 0.383 e. The van der Waals surface area contributed by atoms with Gasteiger partial charge in [-0.25, -0.2) is 4.98 Å². The normalized spacial score (nSPS) is 18.6. The van der Waals surface area contributed by atoms with Crippen molar-refractivity contribution < 1.29 is 9.47 Å². The highest BCUT2D eigenvalue weighted by Crippen LogP contribution is 2.33. The lowest BCUT2D eigenvalue weighted by atomic mass is 10.1. The van der Waals surface area contributed by atoms with Crippen LogP contribution in [-0.4, -0.2) is 63.2 Å². The smallest absolute Gasteiger partial charge is 0.277 e. The van der Waals surface area contributed by atoms with E-state index in [-0.39, 0.29) is 17.7 Å². The van der Waals surface area contributed by atoms with E-state index in [9.17, 15) is 4.79 Å². The van der Waals surface area contributed by atoms with Crippen LogP contribution in [0.5, 0.6) is 0 Å². The number of benzene rings is 1. The Hall–Kier alpha value is -2.09. The first-order valence-electron chi connectivity index (χ1n) is 10.7. The van der Waals surface area contributed by atoms with E-state index >= 15 is 0 Å². The third kappa shape index (κ3) is 4.59. The molecule has 2 heterocycles. The van der Waals surface area contributed by atoms with Crippen molar-refractivity contribution in [3.8, 4) is 11.4 Å². The summed E-state index contributed by atoms with van der Waals surface area (Å²) in [7, 11) is 7.33. The van der Waals surface area contributed by atoms with Crippen LogP contribution in [0.15, 0.2) is 23.0 Å². The molecule has 0 bridgehead atoms. The van der Waals surface area contributed by atoms with Gasteiger partial charge in [-0.1, -0.05) is 18.5 Å². The highest BCUT2D eigenvalue weighted by Gasteiger charge is 2.36. The number of halogens is 1. The Morgan fingerprint density at radius 3 is 2.55 bits per heavy atom. The lowest BCUT2D eigenvalue weighted by molar-refractivity contribution is 0.111. The number of rotatable bonds is 8. The van der Waals surface area contributed by atoms with Gasteiger partial charge in [-0.15, -0.1) is 0 Å². The van der Waals surface area contributed by atoms with E-state index in [2.05, 4.69) is 4.90 Å². The monoisotopic (exact) mass is 448 g/mol. The van der Waals surface area contributed by atoms with Gasteiger partial charge in [0.15, 0.2) is 0 Å². The Bertz CT molecular complexity index is 976. The topological polar surface area (TPSA) is 59.8 Å². The van der Waals surface area contributed by atoms with Gasteiger partial charge in [0.2, 0.25) is 0 Å². The number of ether oxygens (including phenoxy) is 2. The van der Waals surface area contributed by atoms with Gasteiger partial charge >= 0.3 is 0 Å². The van der Waals surface area contributed by atoms with Crippen molar-refractivity contribution in [3.63, 3.8) is 0 Å². The van der Waals surface area contributed by atoms with E-state index in [1.54, 1.807) is 18.8 Å². The van der Waals surface area contributed by atoms with Crippen molar-refractivity contribution in [2.24, 2.45) is 0 Å². The predicted octanol–water partition coefficient (Wildman–Crippen LogP) is 3.45. The Labute approximate surface area is 189 Å². The maximum Gasteiger partial charge on any atom is 0.277 e. The molecule has 0 aliphatic carbocycles. The first kappa shape index (κ1) is 23.6. The quantitative estimate of drug-likeness (QED) is 0.616. The molecule has 2 aromatic rings. The average Bonchev–Trinajstić information content (AvgIpc) is 3.15. The molecule has 0 amide bonds. The minimum absolute atomic E-state index is 0.0463. The molecule has 0 saturated carbocycles. The lowest BCUT2D eigenvalue weighted by Crippen LogP contribution is -2.40. The van der Waals surface area contributed by atoms with Crippen molar-refractivity contribution in [1.82, 2.24) is 9.55 Å². The molecular weight excluding hydrogens is 416 g/mol. The summed E-state index contributed by atoms with van der Waals surface area (Å²) in [4.78, 5) is 22.8. The first-order chi connectivity index (χ1) is 14.9. The van der Waals surface area contributed by atoms with Gasteiger partial charge in [-0.2, -0.15) is 0 Å². The van der Waals surface area contributed by atoms with Crippen molar-refractivity contribution in [2.45, 2.75) is 45.4 Å². The molecular formula is C23H33ClN4O3. The van der Waals surface area contributed by atoms with Crippen LogP contribution in [0, 0.1) is 0 Å². The zero-order valence-corrected chi connectivity index (χ0v) is 20.1.